The molecule has 1 N–H and O–H groups in total. The first-order valence-corrected chi connectivity index (χ1v) is 7.82. The van der Waals surface area contributed by atoms with Crippen molar-refractivity contribution in [1.29, 1.82) is 0 Å². The third kappa shape index (κ3) is 3.69. The molecule has 0 spiro atoms. The number of rotatable bonds is 3. The van der Waals surface area contributed by atoms with Crippen LogP contribution in [0, 0.1) is 0 Å². The average Bonchev–Trinajstić information content (AvgIpc) is 2.64. The SMILES string of the molecule is CC(C)N1CCCC(N2CCCCC2C(=O)O)CC1. The third-order valence-corrected chi connectivity index (χ3v) is 4.76. The fraction of sp³-hybridized carbons (Fsp3) is 0.933. The first-order chi connectivity index (χ1) is 9.09. The largest absolute Gasteiger partial charge is 0.480 e. The Balaban J connectivity index is 1.98. The van der Waals surface area contributed by atoms with Crippen LogP contribution in [0.4, 0.5) is 0 Å². The predicted molar refractivity (Wildman–Crippen MR) is 76.3 cm³/mol. The molecular formula is C15H28N2O2. The molecule has 110 valence electrons. The lowest BCUT2D eigenvalue weighted by Gasteiger charge is -2.39. The summed E-state index contributed by atoms with van der Waals surface area (Å²) in [6.45, 7) is 7.76. The molecule has 0 saturated carbocycles. The van der Waals surface area contributed by atoms with Crippen LogP contribution >= 0.6 is 0 Å². The predicted octanol–water partition coefficient (Wildman–Crippen LogP) is 2.19. The Morgan fingerprint density at radius 3 is 2.53 bits per heavy atom. The molecule has 2 unspecified atom stereocenters. The number of carboxylic acid groups (broad SMARTS) is 1. The van der Waals surface area contributed by atoms with Crippen molar-refractivity contribution in [3.05, 3.63) is 0 Å². The first-order valence-electron chi connectivity index (χ1n) is 7.82. The van der Waals surface area contributed by atoms with E-state index < -0.39 is 5.97 Å². The molecule has 0 aliphatic carbocycles. The maximum Gasteiger partial charge on any atom is 0.320 e. The third-order valence-electron chi connectivity index (χ3n) is 4.76. The minimum Gasteiger partial charge on any atom is -0.480 e. The van der Waals surface area contributed by atoms with Crippen LogP contribution in [0.3, 0.4) is 0 Å². The summed E-state index contributed by atoms with van der Waals surface area (Å²) in [5.41, 5.74) is 0. The van der Waals surface area contributed by atoms with Gasteiger partial charge in [-0.25, -0.2) is 0 Å². The van der Waals surface area contributed by atoms with E-state index in [2.05, 4.69) is 23.6 Å². The smallest absolute Gasteiger partial charge is 0.320 e. The van der Waals surface area contributed by atoms with E-state index in [1.54, 1.807) is 0 Å². The van der Waals surface area contributed by atoms with Gasteiger partial charge in [-0.2, -0.15) is 0 Å². The van der Waals surface area contributed by atoms with E-state index in [0.717, 1.165) is 45.2 Å². The summed E-state index contributed by atoms with van der Waals surface area (Å²) in [4.78, 5) is 16.2. The molecule has 2 fully saturated rings. The van der Waals surface area contributed by atoms with Crippen LogP contribution in [-0.2, 0) is 4.79 Å². The lowest BCUT2D eigenvalue weighted by molar-refractivity contribution is -0.146. The molecule has 0 aromatic heterocycles. The Labute approximate surface area is 116 Å². The highest BCUT2D eigenvalue weighted by atomic mass is 16.4. The standard InChI is InChI=1S/C15H28N2O2/c1-12(2)16-9-5-6-13(8-11-16)17-10-4-3-7-14(17)15(18)19/h12-14H,3-11H2,1-2H3,(H,18,19). The molecule has 2 heterocycles. The van der Waals surface area contributed by atoms with Gasteiger partial charge in [0.1, 0.15) is 6.04 Å². The van der Waals surface area contributed by atoms with Gasteiger partial charge in [0, 0.05) is 12.1 Å². The summed E-state index contributed by atoms with van der Waals surface area (Å²) in [7, 11) is 0. The number of carboxylic acids is 1. The van der Waals surface area contributed by atoms with Crippen LogP contribution in [0.2, 0.25) is 0 Å². The van der Waals surface area contributed by atoms with Crippen molar-refractivity contribution in [2.24, 2.45) is 0 Å². The topological polar surface area (TPSA) is 43.8 Å². The fourth-order valence-electron chi connectivity index (χ4n) is 3.61. The van der Waals surface area contributed by atoms with Crippen molar-refractivity contribution in [2.75, 3.05) is 19.6 Å². The summed E-state index contributed by atoms with van der Waals surface area (Å²) >= 11 is 0. The highest BCUT2D eigenvalue weighted by Gasteiger charge is 2.34. The summed E-state index contributed by atoms with van der Waals surface area (Å²) in [5, 5.41) is 9.40. The molecule has 2 rings (SSSR count). The van der Waals surface area contributed by atoms with Gasteiger partial charge in [0.25, 0.3) is 0 Å². The number of hydrogen-bond donors (Lipinski definition) is 1. The van der Waals surface area contributed by atoms with Gasteiger partial charge in [0.05, 0.1) is 0 Å². The van der Waals surface area contributed by atoms with E-state index in [1.807, 2.05) is 0 Å². The van der Waals surface area contributed by atoms with Gasteiger partial charge >= 0.3 is 5.97 Å². The van der Waals surface area contributed by atoms with E-state index in [-0.39, 0.29) is 6.04 Å². The number of hydrogen-bond acceptors (Lipinski definition) is 3. The number of carbonyl (C=O) groups is 1. The van der Waals surface area contributed by atoms with E-state index >= 15 is 0 Å². The van der Waals surface area contributed by atoms with Gasteiger partial charge in [-0.05, 0) is 65.6 Å². The van der Waals surface area contributed by atoms with Crippen LogP contribution < -0.4 is 0 Å². The van der Waals surface area contributed by atoms with Gasteiger partial charge in [-0.1, -0.05) is 6.42 Å². The van der Waals surface area contributed by atoms with E-state index in [4.69, 9.17) is 0 Å². The molecule has 0 aromatic rings. The maximum atomic E-state index is 11.4. The van der Waals surface area contributed by atoms with Gasteiger partial charge in [-0.15, -0.1) is 0 Å². The molecule has 4 nitrogen and oxygen atoms in total. The minimum absolute atomic E-state index is 0.232. The summed E-state index contributed by atoms with van der Waals surface area (Å²) in [6.07, 6.45) is 6.55. The van der Waals surface area contributed by atoms with Gasteiger partial charge in [0.15, 0.2) is 0 Å². The highest BCUT2D eigenvalue weighted by Crippen LogP contribution is 2.26. The van der Waals surface area contributed by atoms with Crippen LogP contribution in [0.1, 0.15) is 52.4 Å². The zero-order chi connectivity index (χ0) is 13.8. The van der Waals surface area contributed by atoms with Gasteiger partial charge < -0.3 is 10.0 Å². The quantitative estimate of drug-likeness (QED) is 0.852. The Bertz CT molecular complexity index is 307. The van der Waals surface area contributed by atoms with Crippen molar-refractivity contribution < 1.29 is 9.90 Å². The molecular weight excluding hydrogens is 240 g/mol. The molecule has 2 atom stereocenters. The van der Waals surface area contributed by atoms with Crippen molar-refractivity contribution >= 4 is 5.97 Å². The van der Waals surface area contributed by atoms with Crippen molar-refractivity contribution in [3.8, 4) is 0 Å². The normalized spacial score (nSPS) is 31.3. The Morgan fingerprint density at radius 1 is 1.05 bits per heavy atom. The van der Waals surface area contributed by atoms with Crippen molar-refractivity contribution in [1.82, 2.24) is 9.80 Å². The molecule has 0 aromatic carbocycles. The van der Waals surface area contributed by atoms with Crippen LogP contribution in [-0.4, -0.2) is 58.6 Å². The molecule has 0 radical (unpaired) electrons. The first kappa shape index (κ1) is 14.8. The van der Waals surface area contributed by atoms with E-state index in [9.17, 15) is 9.90 Å². The highest BCUT2D eigenvalue weighted by molar-refractivity contribution is 5.73. The second kappa shape index (κ2) is 6.71. The Kier molecular flexibility index (Phi) is 5.22. The minimum atomic E-state index is -0.621. The van der Waals surface area contributed by atoms with Crippen molar-refractivity contribution in [2.45, 2.75) is 70.5 Å². The number of nitrogens with zero attached hydrogens (tertiary/aromatic N) is 2. The van der Waals surface area contributed by atoms with E-state index in [0.29, 0.717) is 12.1 Å². The van der Waals surface area contributed by atoms with Crippen LogP contribution in [0.15, 0.2) is 0 Å². The zero-order valence-corrected chi connectivity index (χ0v) is 12.3. The maximum absolute atomic E-state index is 11.4. The zero-order valence-electron chi connectivity index (χ0n) is 12.3. The van der Waals surface area contributed by atoms with E-state index in [1.165, 1.54) is 13.0 Å². The second-order valence-electron chi connectivity index (χ2n) is 6.30. The Morgan fingerprint density at radius 2 is 1.84 bits per heavy atom. The molecule has 0 amide bonds. The van der Waals surface area contributed by atoms with Crippen molar-refractivity contribution in [3.63, 3.8) is 0 Å². The molecule has 2 saturated heterocycles. The molecule has 2 aliphatic heterocycles. The molecule has 0 bridgehead atoms. The number of piperidine rings is 1. The number of aliphatic carboxylic acids is 1. The summed E-state index contributed by atoms with van der Waals surface area (Å²) < 4.78 is 0. The molecule has 19 heavy (non-hydrogen) atoms. The summed E-state index contributed by atoms with van der Waals surface area (Å²) in [5.74, 6) is -0.621. The second-order valence-corrected chi connectivity index (χ2v) is 6.30. The monoisotopic (exact) mass is 268 g/mol. The van der Waals surface area contributed by atoms with Gasteiger partial charge in [-0.3, -0.25) is 9.69 Å². The summed E-state index contributed by atoms with van der Waals surface area (Å²) in [6, 6.07) is 0.852. The Hall–Kier alpha value is -0.610. The molecule has 4 heteroatoms. The molecule has 2 aliphatic rings. The lowest BCUT2D eigenvalue weighted by atomic mass is 9.97. The van der Waals surface area contributed by atoms with Crippen LogP contribution in [0.25, 0.3) is 0 Å². The average molecular weight is 268 g/mol. The van der Waals surface area contributed by atoms with Gasteiger partial charge in [0.2, 0.25) is 0 Å². The lowest BCUT2D eigenvalue weighted by Crippen LogP contribution is -2.50. The van der Waals surface area contributed by atoms with Crippen LogP contribution in [0.5, 0.6) is 0 Å². The number of likely N-dealkylation sites (tertiary alicyclic amines) is 2. The fourth-order valence-corrected chi connectivity index (χ4v) is 3.61.